The second kappa shape index (κ2) is 2.59. The van der Waals surface area contributed by atoms with E-state index >= 15 is 0 Å². The molecule has 0 amide bonds. The summed E-state index contributed by atoms with van der Waals surface area (Å²) in [5.41, 5.74) is 4.58. The summed E-state index contributed by atoms with van der Waals surface area (Å²) in [6.07, 6.45) is 4.83. The third-order valence-electron chi connectivity index (χ3n) is 1.27. The van der Waals surface area contributed by atoms with E-state index < -0.39 is 17.2 Å². The number of halogens is 2. The van der Waals surface area contributed by atoms with E-state index in [4.69, 9.17) is 12.2 Å². The second-order valence-electron chi connectivity index (χ2n) is 1.97. The molecule has 0 heterocycles. The molecule has 0 atom stereocenters. The second-order valence-corrected chi connectivity index (χ2v) is 1.97. The quantitative estimate of drug-likeness (QED) is 0.444. The highest BCUT2D eigenvalue weighted by Crippen LogP contribution is 2.16. The van der Waals surface area contributed by atoms with Crippen LogP contribution in [0.15, 0.2) is 12.1 Å². The summed E-state index contributed by atoms with van der Waals surface area (Å²) < 4.78 is 25.3. The number of rotatable bonds is 0. The zero-order valence-corrected chi connectivity index (χ0v) is 5.57. The van der Waals surface area contributed by atoms with Gasteiger partial charge in [0.15, 0.2) is 5.82 Å². The predicted octanol–water partition coefficient (Wildman–Crippen LogP) is 1.53. The Morgan fingerprint density at radius 2 is 2.00 bits per heavy atom. The van der Waals surface area contributed by atoms with Crippen LogP contribution in [0.4, 0.5) is 14.5 Å². The average molecular weight is 153 g/mol. The topological polar surface area (TPSA) is 26.0 Å². The molecule has 0 saturated carbocycles. The molecule has 0 fully saturated rings. The molecule has 0 aromatic heterocycles. The molecule has 0 aliphatic heterocycles. The minimum Gasteiger partial charge on any atom is -0.396 e. The smallest absolute Gasteiger partial charge is 0.164 e. The molecule has 1 nitrogen and oxygen atoms in total. The maximum absolute atomic E-state index is 12.8. The SMILES string of the molecule is C#Cc1c(F)ccc(N)c1F. The summed E-state index contributed by atoms with van der Waals surface area (Å²) >= 11 is 0. The Morgan fingerprint density at radius 3 is 2.45 bits per heavy atom. The highest BCUT2D eigenvalue weighted by atomic mass is 19.1. The zero-order chi connectivity index (χ0) is 8.43. The molecule has 0 aliphatic carbocycles. The largest absolute Gasteiger partial charge is 0.396 e. The van der Waals surface area contributed by atoms with E-state index in [2.05, 4.69) is 0 Å². The molecule has 11 heavy (non-hydrogen) atoms. The first-order valence-electron chi connectivity index (χ1n) is 2.87. The van der Waals surface area contributed by atoms with Crippen molar-refractivity contribution in [2.45, 2.75) is 0 Å². The fraction of sp³-hybridized carbons (Fsp3) is 0. The molecular weight excluding hydrogens is 148 g/mol. The summed E-state index contributed by atoms with van der Waals surface area (Å²) in [4.78, 5) is 0. The highest BCUT2D eigenvalue weighted by Gasteiger charge is 2.08. The standard InChI is InChI=1S/C8H5F2N/c1-2-5-6(9)3-4-7(11)8(5)10/h1,3-4H,11H2. The van der Waals surface area contributed by atoms with Gasteiger partial charge in [0.25, 0.3) is 0 Å². The van der Waals surface area contributed by atoms with Gasteiger partial charge in [0.05, 0.1) is 11.3 Å². The minimum atomic E-state index is -0.868. The lowest BCUT2D eigenvalue weighted by Gasteiger charge is -1.99. The van der Waals surface area contributed by atoms with Crippen LogP contribution in [0.5, 0.6) is 0 Å². The van der Waals surface area contributed by atoms with Crippen molar-refractivity contribution in [3.05, 3.63) is 29.3 Å². The molecule has 3 heteroatoms. The van der Waals surface area contributed by atoms with Crippen LogP contribution in [0.25, 0.3) is 0 Å². The number of nitrogens with two attached hydrogens (primary N) is 1. The Hall–Kier alpha value is -1.56. The van der Waals surface area contributed by atoms with Crippen molar-refractivity contribution >= 4 is 5.69 Å². The Morgan fingerprint density at radius 1 is 1.36 bits per heavy atom. The first kappa shape index (κ1) is 7.55. The summed E-state index contributed by atoms with van der Waals surface area (Å²) in [7, 11) is 0. The summed E-state index contributed by atoms with van der Waals surface area (Å²) in [6, 6.07) is 2.17. The van der Waals surface area contributed by atoms with Crippen LogP contribution >= 0.6 is 0 Å². The van der Waals surface area contributed by atoms with E-state index in [0.29, 0.717) is 0 Å². The Balaban J connectivity index is 3.44. The normalized spacial score (nSPS) is 9.18. The third kappa shape index (κ3) is 1.15. The molecule has 0 bridgehead atoms. The summed E-state index contributed by atoms with van der Waals surface area (Å²) in [6.45, 7) is 0. The molecule has 1 rings (SSSR count). The van der Waals surface area contributed by atoms with Gasteiger partial charge in [-0.2, -0.15) is 0 Å². The van der Waals surface area contributed by atoms with Crippen molar-refractivity contribution in [3.8, 4) is 12.3 Å². The maximum atomic E-state index is 12.8. The number of benzene rings is 1. The first-order chi connectivity index (χ1) is 5.16. The molecule has 2 N–H and O–H groups in total. The van der Waals surface area contributed by atoms with E-state index in [1.807, 2.05) is 5.92 Å². The fourth-order valence-electron chi connectivity index (χ4n) is 0.701. The van der Waals surface area contributed by atoms with Crippen molar-refractivity contribution in [2.75, 3.05) is 5.73 Å². The van der Waals surface area contributed by atoms with E-state index in [1.54, 1.807) is 0 Å². The molecule has 0 radical (unpaired) electrons. The van der Waals surface area contributed by atoms with Gasteiger partial charge in [-0.3, -0.25) is 0 Å². The molecule has 56 valence electrons. The number of anilines is 1. The summed E-state index contributed by atoms with van der Waals surface area (Å²) in [5.74, 6) is 0.242. The van der Waals surface area contributed by atoms with Crippen molar-refractivity contribution in [1.82, 2.24) is 0 Å². The van der Waals surface area contributed by atoms with Crippen LogP contribution in [0.3, 0.4) is 0 Å². The Kier molecular flexibility index (Phi) is 1.77. The monoisotopic (exact) mass is 153 g/mol. The average Bonchev–Trinajstić information content (AvgIpc) is 1.99. The van der Waals surface area contributed by atoms with Crippen LogP contribution in [0.1, 0.15) is 5.56 Å². The number of nitrogen functional groups attached to an aromatic ring is 1. The molecule has 0 spiro atoms. The van der Waals surface area contributed by atoms with Crippen molar-refractivity contribution in [1.29, 1.82) is 0 Å². The zero-order valence-electron chi connectivity index (χ0n) is 5.57. The van der Waals surface area contributed by atoms with Gasteiger partial charge in [0.2, 0.25) is 0 Å². The molecule has 0 saturated heterocycles. The van der Waals surface area contributed by atoms with Crippen LogP contribution in [-0.4, -0.2) is 0 Å². The molecule has 1 aromatic rings. The fourth-order valence-corrected chi connectivity index (χ4v) is 0.701. The van der Waals surface area contributed by atoms with Gasteiger partial charge in [0, 0.05) is 0 Å². The molecule has 0 unspecified atom stereocenters. The Labute approximate surface area is 62.8 Å². The van der Waals surface area contributed by atoms with E-state index in [9.17, 15) is 8.78 Å². The lowest BCUT2D eigenvalue weighted by molar-refractivity contribution is 0.580. The lowest BCUT2D eigenvalue weighted by atomic mass is 10.2. The molecule has 0 aliphatic rings. The van der Waals surface area contributed by atoms with E-state index in [-0.39, 0.29) is 5.69 Å². The maximum Gasteiger partial charge on any atom is 0.164 e. The first-order valence-corrected chi connectivity index (χ1v) is 2.87. The number of terminal acetylenes is 1. The molecule has 1 aromatic carbocycles. The van der Waals surface area contributed by atoms with Gasteiger partial charge in [-0.15, -0.1) is 6.42 Å². The van der Waals surface area contributed by atoms with Crippen LogP contribution in [0, 0.1) is 24.0 Å². The van der Waals surface area contributed by atoms with Gasteiger partial charge >= 0.3 is 0 Å². The predicted molar refractivity (Wildman–Crippen MR) is 38.7 cm³/mol. The minimum absolute atomic E-state index is 0.139. The van der Waals surface area contributed by atoms with E-state index in [0.717, 1.165) is 12.1 Å². The van der Waals surface area contributed by atoms with Gasteiger partial charge in [-0.1, -0.05) is 5.92 Å². The van der Waals surface area contributed by atoms with Gasteiger partial charge < -0.3 is 5.73 Å². The van der Waals surface area contributed by atoms with Gasteiger partial charge in [-0.05, 0) is 12.1 Å². The number of hydrogen-bond acceptors (Lipinski definition) is 1. The lowest BCUT2D eigenvalue weighted by Crippen LogP contribution is -1.96. The number of hydrogen-bond donors (Lipinski definition) is 1. The van der Waals surface area contributed by atoms with Crippen LogP contribution < -0.4 is 5.73 Å². The van der Waals surface area contributed by atoms with Crippen molar-refractivity contribution in [3.63, 3.8) is 0 Å². The Bertz CT molecular complexity index is 326. The van der Waals surface area contributed by atoms with Gasteiger partial charge in [-0.25, -0.2) is 8.78 Å². The third-order valence-corrected chi connectivity index (χ3v) is 1.27. The van der Waals surface area contributed by atoms with Crippen LogP contribution in [-0.2, 0) is 0 Å². The van der Waals surface area contributed by atoms with Gasteiger partial charge in [0.1, 0.15) is 5.82 Å². The molecular formula is C8H5F2N. The van der Waals surface area contributed by atoms with E-state index in [1.165, 1.54) is 0 Å². The van der Waals surface area contributed by atoms with Crippen molar-refractivity contribution in [2.24, 2.45) is 0 Å². The summed E-state index contributed by atoms with van der Waals surface area (Å²) in [5, 5.41) is 0. The van der Waals surface area contributed by atoms with Crippen LogP contribution in [0.2, 0.25) is 0 Å². The van der Waals surface area contributed by atoms with Crippen molar-refractivity contribution < 1.29 is 8.78 Å². The highest BCUT2D eigenvalue weighted by molar-refractivity contribution is 5.49.